The molecule has 0 bridgehead atoms. The van der Waals surface area contributed by atoms with E-state index in [9.17, 15) is 0 Å². The molecule has 0 aliphatic carbocycles. The summed E-state index contributed by atoms with van der Waals surface area (Å²) in [7, 11) is 0. The van der Waals surface area contributed by atoms with Gasteiger partial charge in [-0.2, -0.15) is 11.3 Å². The fraction of sp³-hybridized carbons (Fsp3) is 0.167. The lowest BCUT2D eigenvalue weighted by Gasteiger charge is -2.15. The van der Waals surface area contributed by atoms with Gasteiger partial charge in [-0.15, -0.1) is 0 Å². The topological polar surface area (TPSA) is 38.0 Å². The van der Waals surface area contributed by atoms with Crippen LogP contribution in [0.1, 0.15) is 17.2 Å². The molecule has 0 spiro atoms. The van der Waals surface area contributed by atoms with Gasteiger partial charge in [-0.3, -0.25) is 11.3 Å². The van der Waals surface area contributed by atoms with E-state index < -0.39 is 0 Å². The maximum atomic E-state index is 5.97. The first-order valence-corrected chi connectivity index (χ1v) is 7.24. The lowest BCUT2D eigenvalue weighted by molar-refractivity contribution is 0.552. The maximum Gasteiger partial charge on any atom is 0.0519 e. The number of thiophene rings is 1. The summed E-state index contributed by atoms with van der Waals surface area (Å²) in [5.41, 5.74) is 5.19. The number of rotatable bonds is 4. The molecule has 90 valence electrons. The van der Waals surface area contributed by atoms with Crippen LogP contribution in [0, 0.1) is 0 Å². The second-order valence-electron chi connectivity index (χ2n) is 3.73. The van der Waals surface area contributed by atoms with Gasteiger partial charge in [0.25, 0.3) is 0 Å². The number of hydrazine groups is 1. The first-order chi connectivity index (χ1) is 8.20. The van der Waals surface area contributed by atoms with E-state index in [4.69, 9.17) is 17.4 Å². The molecule has 0 aliphatic heterocycles. The Bertz CT molecular complexity index is 501. The molecule has 0 amide bonds. The minimum Gasteiger partial charge on any atom is -0.271 e. The highest BCUT2D eigenvalue weighted by Gasteiger charge is 2.14. The minimum absolute atomic E-state index is 0.0918. The van der Waals surface area contributed by atoms with Crippen molar-refractivity contribution in [3.05, 3.63) is 55.6 Å². The highest BCUT2D eigenvalue weighted by Crippen LogP contribution is 2.29. The van der Waals surface area contributed by atoms with Crippen LogP contribution in [0.3, 0.4) is 0 Å². The molecule has 0 aliphatic rings. The van der Waals surface area contributed by atoms with Crippen molar-refractivity contribution in [3.8, 4) is 0 Å². The largest absolute Gasteiger partial charge is 0.271 e. The van der Waals surface area contributed by atoms with Gasteiger partial charge in [0.1, 0.15) is 0 Å². The van der Waals surface area contributed by atoms with E-state index in [1.807, 2.05) is 18.2 Å². The Morgan fingerprint density at radius 2 is 2.24 bits per heavy atom. The zero-order chi connectivity index (χ0) is 12.3. The van der Waals surface area contributed by atoms with Crippen LogP contribution in [0.15, 0.2) is 39.5 Å². The highest BCUT2D eigenvalue weighted by molar-refractivity contribution is 9.10. The van der Waals surface area contributed by atoms with Gasteiger partial charge >= 0.3 is 0 Å². The van der Waals surface area contributed by atoms with Gasteiger partial charge in [-0.05, 0) is 51.0 Å². The molecule has 5 heteroatoms. The van der Waals surface area contributed by atoms with E-state index in [-0.39, 0.29) is 6.04 Å². The zero-order valence-electron chi connectivity index (χ0n) is 8.99. The van der Waals surface area contributed by atoms with Gasteiger partial charge in [-0.1, -0.05) is 23.7 Å². The molecular formula is C12H12BrClN2S. The number of hydrogen-bond acceptors (Lipinski definition) is 3. The summed E-state index contributed by atoms with van der Waals surface area (Å²) in [6.07, 6.45) is 0.812. The van der Waals surface area contributed by atoms with Crippen LogP contribution < -0.4 is 11.3 Å². The molecule has 1 unspecified atom stereocenters. The van der Waals surface area contributed by atoms with Crippen molar-refractivity contribution in [3.63, 3.8) is 0 Å². The van der Waals surface area contributed by atoms with Crippen LogP contribution >= 0.6 is 38.9 Å². The lowest BCUT2D eigenvalue weighted by Crippen LogP contribution is -2.29. The van der Waals surface area contributed by atoms with Crippen molar-refractivity contribution in [2.24, 2.45) is 5.84 Å². The van der Waals surface area contributed by atoms with Crippen LogP contribution in [-0.2, 0) is 6.42 Å². The van der Waals surface area contributed by atoms with Gasteiger partial charge in [0.15, 0.2) is 0 Å². The summed E-state index contributed by atoms with van der Waals surface area (Å²) in [6, 6.07) is 7.93. The lowest BCUT2D eigenvalue weighted by atomic mass is 10.0. The van der Waals surface area contributed by atoms with Crippen LogP contribution in [0.5, 0.6) is 0 Å². The van der Waals surface area contributed by atoms with Crippen molar-refractivity contribution in [2.75, 3.05) is 0 Å². The predicted octanol–water partition coefficient (Wildman–Crippen LogP) is 3.91. The minimum atomic E-state index is 0.0918. The quantitative estimate of drug-likeness (QED) is 0.658. The molecule has 3 N–H and O–H groups in total. The van der Waals surface area contributed by atoms with Crippen molar-refractivity contribution < 1.29 is 0 Å². The van der Waals surface area contributed by atoms with Crippen molar-refractivity contribution in [1.29, 1.82) is 0 Å². The van der Waals surface area contributed by atoms with Gasteiger partial charge in [0, 0.05) is 14.9 Å². The molecule has 0 saturated carbocycles. The Kier molecular flexibility index (Phi) is 4.59. The molecule has 1 atom stereocenters. The first kappa shape index (κ1) is 13.1. The molecule has 17 heavy (non-hydrogen) atoms. The van der Waals surface area contributed by atoms with Gasteiger partial charge in [0.05, 0.1) is 6.04 Å². The first-order valence-electron chi connectivity index (χ1n) is 5.13. The third-order valence-corrected chi connectivity index (χ3v) is 4.53. The maximum absolute atomic E-state index is 5.97. The molecule has 1 heterocycles. The van der Waals surface area contributed by atoms with Crippen LogP contribution in [0.25, 0.3) is 0 Å². The average Bonchev–Trinajstić information content (AvgIpc) is 2.72. The summed E-state index contributed by atoms with van der Waals surface area (Å²) >= 11 is 11.1. The molecule has 0 saturated heterocycles. The summed E-state index contributed by atoms with van der Waals surface area (Å²) in [5.74, 6) is 5.62. The predicted molar refractivity (Wildman–Crippen MR) is 77.2 cm³/mol. The van der Waals surface area contributed by atoms with Crippen LogP contribution in [0.4, 0.5) is 0 Å². The summed E-state index contributed by atoms with van der Waals surface area (Å²) in [4.78, 5) is 0. The van der Waals surface area contributed by atoms with Gasteiger partial charge < -0.3 is 0 Å². The third-order valence-electron chi connectivity index (χ3n) is 2.55. The molecule has 2 aromatic rings. The molecule has 1 aromatic carbocycles. The molecule has 0 radical (unpaired) electrons. The molecule has 2 nitrogen and oxygen atoms in total. The van der Waals surface area contributed by atoms with Crippen molar-refractivity contribution >= 4 is 38.9 Å². The standard InChI is InChI=1S/C12H12BrClN2S/c13-11-7-17-6-10(11)12(16-15)5-8-2-1-3-9(14)4-8/h1-4,6-7,12,16H,5,15H2. The Labute approximate surface area is 118 Å². The van der Waals surface area contributed by atoms with E-state index in [0.29, 0.717) is 0 Å². The molecule has 1 aromatic heterocycles. The highest BCUT2D eigenvalue weighted by atomic mass is 79.9. The second-order valence-corrected chi connectivity index (χ2v) is 5.76. The Morgan fingerprint density at radius 1 is 1.41 bits per heavy atom. The van der Waals surface area contributed by atoms with Gasteiger partial charge in [-0.25, -0.2) is 0 Å². The number of nitrogens with one attached hydrogen (secondary N) is 1. The van der Waals surface area contributed by atoms with Crippen molar-refractivity contribution in [1.82, 2.24) is 5.43 Å². The van der Waals surface area contributed by atoms with Crippen LogP contribution in [-0.4, -0.2) is 0 Å². The summed E-state index contributed by atoms with van der Waals surface area (Å²) in [5, 5.41) is 4.90. The molecule has 2 rings (SSSR count). The van der Waals surface area contributed by atoms with Gasteiger partial charge in [0.2, 0.25) is 0 Å². The van der Waals surface area contributed by atoms with E-state index >= 15 is 0 Å². The van der Waals surface area contributed by atoms with E-state index in [1.165, 1.54) is 11.1 Å². The zero-order valence-corrected chi connectivity index (χ0v) is 12.1. The van der Waals surface area contributed by atoms with E-state index in [2.05, 4.69) is 38.2 Å². The smallest absolute Gasteiger partial charge is 0.0519 e. The Balaban J connectivity index is 2.19. The number of nitrogens with two attached hydrogens (primary N) is 1. The van der Waals surface area contributed by atoms with E-state index in [0.717, 1.165) is 15.9 Å². The van der Waals surface area contributed by atoms with E-state index in [1.54, 1.807) is 11.3 Å². The number of benzene rings is 1. The average molecular weight is 332 g/mol. The number of hydrogen-bond donors (Lipinski definition) is 2. The van der Waals surface area contributed by atoms with Crippen LogP contribution in [0.2, 0.25) is 5.02 Å². The molecular weight excluding hydrogens is 320 g/mol. The summed E-state index contributed by atoms with van der Waals surface area (Å²) < 4.78 is 1.09. The normalized spacial score (nSPS) is 12.6. The monoisotopic (exact) mass is 330 g/mol. The Morgan fingerprint density at radius 3 is 2.82 bits per heavy atom. The fourth-order valence-electron chi connectivity index (χ4n) is 1.70. The SMILES string of the molecule is NNC(Cc1cccc(Cl)c1)c1cscc1Br. The second kappa shape index (κ2) is 5.98. The fourth-order valence-corrected chi connectivity index (χ4v) is 3.54. The van der Waals surface area contributed by atoms with Crippen molar-refractivity contribution in [2.45, 2.75) is 12.5 Å². The summed E-state index contributed by atoms with van der Waals surface area (Å²) in [6.45, 7) is 0. The Hall–Kier alpha value is -0.390. The number of halogens is 2. The molecule has 0 fully saturated rings. The third kappa shape index (κ3) is 3.30.